The molecule has 0 saturated carbocycles. The van der Waals surface area contributed by atoms with E-state index in [-0.39, 0.29) is 19.4 Å². The molecule has 6 nitrogen and oxygen atoms in total. The van der Waals surface area contributed by atoms with Crippen LogP contribution in [0.1, 0.15) is 10.4 Å². The van der Waals surface area contributed by atoms with Crippen molar-refractivity contribution in [1.29, 1.82) is 0 Å². The molecule has 0 heterocycles. The zero-order valence-electron chi connectivity index (χ0n) is 17.5. The molecule has 1 amide bonds. The van der Waals surface area contributed by atoms with Crippen LogP contribution in [-0.4, -0.2) is 5.91 Å². The molecule has 0 aliphatic heterocycles. The fraction of sp³-hybridized carbons (Fsp3) is 0. The minimum absolute atomic E-state index is 0. The average Bonchev–Trinajstić information content (AvgIpc) is 2.77. The summed E-state index contributed by atoms with van der Waals surface area (Å²) in [6.45, 7) is 0. The highest BCUT2D eigenvalue weighted by Crippen LogP contribution is 2.21. The van der Waals surface area contributed by atoms with E-state index in [0.717, 1.165) is 22.5 Å². The van der Waals surface area contributed by atoms with Gasteiger partial charge in [0.25, 0.3) is 5.91 Å². The SMILES string of the molecule is Nc1ccc(-c2ccc(N)cc2)cc1.Nc1ccc(NC(=O)c2ccc(N)cc2)cc1.S. The van der Waals surface area contributed by atoms with Gasteiger partial charge < -0.3 is 28.3 Å². The van der Waals surface area contributed by atoms with Crippen molar-refractivity contribution in [2.45, 2.75) is 0 Å². The summed E-state index contributed by atoms with van der Waals surface area (Å²) < 4.78 is 0. The smallest absolute Gasteiger partial charge is 0.255 e. The van der Waals surface area contributed by atoms with Gasteiger partial charge in [-0.05, 0) is 83.9 Å². The first-order valence-corrected chi connectivity index (χ1v) is 9.64. The predicted molar refractivity (Wildman–Crippen MR) is 141 cm³/mol. The highest BCUT2D eigenvalue weighted by Gasteiger charge is 2.05. The molecule has 0 atom stereocenters. The van der Waals surface area contributed by atoms with Gasteiger partial charge in [-0.25, -0.2) is 0 Å². The Kier molecular flexibility index (Phi) is 8.56. The number of hydrogen-bond acceptors (Lipinski definition) is 5. The molecular formula is C25H27N5OS. The van der Waals surface area contributed by atoms with Gasteiger partial charge in [-0.15, -0.1) is 0 Å². The van der Waals surface area contributed by atoms with E-state index < -0.39 is 0 Å². The van der Waals surface area contributed by atoms with E-state index in [0.29, 0.717) is 22.6 Å². The third-order valence-corrected chi connectivity index (χ3v) is 4.50. The Morgan fingerprint density at radius 2 is 0.812 bits per heavy atom. The Labute approximate surface area is 194 Å². The first-order chi connectivity index (χ1) is 14.9. The lowest BCUT2D eigenvalue weighted by Gasteiger charge is -2.05. The van der Waals surface area contributed by atoms with Crippen LogP contribution >= 0.6 is 13.5 Å². The maximum absolute atomic E-state index is 11.8. The molecule has 164 valence electrons. The van der Waals surface area contributed by atoms with Crippen molar-refractivity contribution in [3.63, 3.8) is 0 Å². The van der Waals surface area contributed by atoms with Gasteiger partial charge in [-0.2, -0.15) is 13.5 Å². The number of hydrogen-bond donors (Lipinski definition) is 5. The summed E-state index contributed by atoms with van der Waals surface area (Å²) in [5, 5.41) is 2.77. The molecule has 4 rings (SSSR count). The minimum atomic E-state index is -0.172. The largest absolute Gasteiger partial charge is 0.399 e. The van der Waals surface area contributed by atoms with Gasteiger partial charge in [0.2, 0.25) is 0 Å². The quantitative estimate of drug-likeness (QED) is 0.291. The van der Waals surface area contributed by atoms with Gasteiger partial charge in [0, 0.05) is 34.0 Å². The Hall–Kier alpha value is -4.10. The van der Waals surface area contributed by atoms with E-state index in [1.165, 1.54) is 0 Å². The van der Waals surface area contributed by atoms with Crippen molar-refractivity contribution in [2.75, 3.05) is 28.3 Å². The monoisotopic (exact) mass is 445 g/mol. The molecule has 32 heavy (non-hydrogen) atoms. The molecule has 9 N–H and O–H groups in total. The van der Waals surface area contributed by atoms with E-state index in [4.69, 9.17) is 22.9 Å². The molecule has 0 unspecified atom stereocenters. The molecule has 0 fully saturated rings. The highest BCUT2D eigenvalue weighted by atomic mass is 32.1. The number of nitrogen functional groups attached to an aromatic ring is 4. The Morgan fingerprint density at radius 3 is 1.19 bits per heavy atom. The number of nitrogens with two attached hydrogens (primary N) is 4. The lowest BCUT2D eigenvalue weighted by molar-refractivity contribution is 0.102. The Bertz CT molecular complexity index is 1080. The third kappa shape index (κ3) is 7.00. The molecule has 0 aliphatic carbocycles. The van der Waals surface area contributed by atoms with Crippen LogP contribution in [0.15, 0.2) is 97.1 Å². The number of amides is 1. The van der Waals surface area contributed by atoms with E-state index in [2.05, 4.69) is 5.32 Å². The summed E-state index contributed by atoms with van der Waals surface area (Å²) in [4.78, 5) is 11.8. The summed E-state index contributed by atoms with van der Waals surface area (Å²) >= 11 is 0. The Morgan fingerprint density at radius 1 is 0.500 bits per heavy atom. The van der Waals surface area contributed by atoms with Gasteiger partial charge in [0.15, 0.2) is 0 Å². The molecule has 0 aliphatic rings. The fourth-order valence-corrected chi connectivity index (χ4v) is 2.76. The molecule has 0 aromatic heterocycles. The number of carbonyl (C=O) groups is 1. The summed E-state index contributed by atoms with van der Waals surface area (Å²) in [7, 11) is 0. The van der Waals surface area contributed by atoms with Crippen LogP contribution in [0, 0.1) is 0 Å². The maximum Gasteiger partial charge on any atom is 0.255 e. The molecule has 0 bridgehead atoms. The number of anilines is 5. The number of benzene rings is 4. The topological polar surface area (TPSA) is 133 Å². The standard InChI is InChI=1S/C13H13N3O.C12H12N2.H2S/c14-10-3-1-9(2-4-10)13(17)16-12-7-5-11(15)6-8-12;13-11-5-1-9(2-6-11)10-3-7-12(14)8-4-10;/h1-8H,14-15H2,(H,16,17);1-8H,13-14H2;1H2. The fourth-order valence-electron chi connectivity index (χ4n) is 2.76. The van der Waals surface area contributed by atoms with Crippen molar-refractivity contribution in [3.8, 4) is 11.1 Å². The molecule has 4 aromatic rings. The van der Waals surface area contributed by atoms with Crippen LogP contribution in [0.25, 0.3) is 11.1 Å². The molecule has 0 saturated heterocycles. The molecule has 0 radical (unpaired) electrons. The second kappa shape index (κ2) is 11.3. The summed E-state index contributed by atoms with van der Waals surface area (Å²) in [5.41, 5.74) is 28.8. The van der Waals surface area contributed by atoms with E-state index >= 15 is 0 Å². The van der Waals surface area contributed by atoms with Crippen LogP contribution in [0.2, 0.25) is 0 Å². The van der Waals surface area contributed by atoms with Crippen molar-refractivity contribution in [3.05, 3.63) is 103 Å². The van der Waals surface area contributed by atoms with Crippen LogP contribution in [0.4, 0.5) is 28.4 Å². The molecular weight excluding hydrogens is 418 g/mol. The van der Waals surface area contributed by atoms with Crippen LogP contribution in [0.5, 0.6) is 0 Å². The van der Waals surface area contributed by atoms with E-state index in [9.17, 15) is 4.79 Å². The zero-order valence-corrected chi connectivity index (χ0v) is 18.5. The zero-order chi connectivity index (χ0) is 22.2. The van der Waals surface area contributed by atoms with Gasteiger partial charge in [0.1, 0.15) is 0 Å². The van der Waals surface area contributed by atoms with Crippen molar-refractivity contribution >= 4 is 47.8 Å². The lowest BCUT2D eigenvalue weighted by Crippen LogP contribution is -2.11. The van der Waals surface area contributed by atoms with Gasteiger partial charge in [-0.3, -0.25) is 4.79 Å². The average molecular weight is 446 g/mol. The van der Waals surface area contributed by atoms with E-state index in [1.807, 2.05) is 48.5 Å². The highest BCUT2D eigenvalue weighted by molar-refractivity contribution is 7.59. The van der Waals surface area contributed by atoms with Crippen molar-refractivity contribution < 1.29 is 4.79 Å². The lowest BCUT2D eigenvalue weighted by atomic mass is 10.1. The van der Waals surface area contributed by atoms with E-state index in [1.54, 1.807) is 48.5 Å². The van der Waals surface area contributed by atoms with Crippen molar-refractivity contribution in [1.82, 2.24) is 0 Å². The normalized spacial score (nSPS) is 9.62. The first-order valence-electron chi connectivity index (χ1n) is 9.64. The molecule has 4 aromatic carbocycles. The number of carbonyl (C=O) groups excluding carboxylic acids is 1. The number of rotatable bonds is 3. The minimum Gasteiger partial charge on any atom is -0.399 e. The second-order valence-corrected chi connectivity index (χ2v) is 6.94. The molecule has 0 spiro atoms. The summed E-state index contributed by atoms with van der Waals surface area (Å²) in [6.07, 6.45) is 0. The maximum atomic E-state index is 11.8. The van der Waals surface area contributed by atoms with Gasteiger partial charge in [0.05, 0.1) is 0 Å². The van der Waals surface area contributed by atoms with Crippen molar-refractivity contribution in [2.24, 2.45) is 0 Å². The molecule has 7 heteroatoms. The van der Waals surface area contributed by atoms with Crippen LogP contribution < -0.4 is 28.3 Å². The van der Waals surface area contributed by atoms with Crippen LogP contribution in [0.3, 0.4) is 0 Å². The summed E-state index contributed by atoms with van der Waals surface area (Å²) in [6, 6.07) is 29.3. The van der Waals surface area contributed by atoms with Gasteiger partial charge in [-0.1, -0.05) is 24.3 Å². The first kappa shape index (κ1) is 24.2. The Balaban J connectivity index is 0.000000224. The predicted octanol–water partition coefficient (Wildman–Crippen LogP) is 4.73. The third-order valence-electron chi connectivity index (χ3n) is 4.50. The second-order valence-electron chi connectivity index (χ2n) is 6.94. The summed E-state index contributed by atoms with van der Waals surface area (Å²) in [5.74, 6) is -0.172. The van der Waals surface area contributed by atoms with Gasteiger partial charge >= 0.3 is 0 Å². The van der Waals surface area contributed by atoms with Crippen LogP contribution in [-0.2, 0) is 0 Å². The number of nitrogens with one attached hydrogen (secondary N) is 1.